The van der Waals surface area contributed by atoms with Crippen molar-refractivity contribution in [2.24, 2.45) is 0 Å². The number of aromatic carboxylic acids is 1. The van der Waals surface area contributed by atoms with Gasteiger partial charge in [-0.1, -0.05) is 18.2 Å². The van der Waals surface area contributed by atoms with Gasteiger partial charge < -0.3 is 10.4 Å². The van der Waals surface area contributed by atoms with Crippen molar-refractivity contribution in [3.05, 3.63) is 82.7 Å². The molecule has 2 aromatic carbocycles. The molecular formula is C22H18N4O3. The van der Waals surface area contributed by atoms with Gasteiger partial charge in [-0.05, 0) is 56.3 Å². The first kappa shape index (κ1) is 19.6. The Kier molecular flexibility index (Phi) is 5.56. The number of hydrogen-bond acceptors (Lipinski definition) is 4. The highest BCUT2D eigenvalue weighted by atomic mass is 16.4. The first-order valence-corrected chi connectivity index (χ1v) is 8.79. The fourth-order valence-corrected chi connectivity index (χ4v) is 2.87. The third-order valence-electron chi connectivity index (χ3n) is 4.39. The number of anilines is 1. The fraction of sp³-hybridized carbons (Fsp3) is 0.0909. The van der Waals surface area contributed by atoms with Gasteiger partial charge in [-0.25, -0.2) is 9.48 Å². The van der Waals surface area contributed by atoms with Gasteiger partial charge >= 0.3 is 5.97 Å². The van der Waals surface area contributed by atoms with Crippen molar-refractivity contribution in [1.29, 1.82) is 5.26 Å². The van der Waals surface area contributed by atoms with Crippen LogP contribution in [-0.4, -0.2) is 26.8 Å². The van der Waals surface area contributed by atoms with Crippen molar-refractivity contribution in [2.75, 3.05) is 5.32 Å². The minimum atomic E-state index is -1.05. The molecule has 0 saturated heterocycles. The zero-order valence-electron chi connectivity index (χ0n) is 15.9. The van der Waals surface area contributed by atoms with Crippen LogP contribution in [0.2, 0.25) is 0 Å². The van der Waals surface area contributed by atoms with Gasteiger partial charge in [-0.2, -0.15) is 10.4 Å². The normalized spacial score (nSPS) is 11.0. The van der Waals surface area contributed by atoms with E-state index < -0.39 is 11.9 Å². The monoisotopic (exact) mass is 386 g/mol. The minimum Gasteiger partial charge on any atom is -0.478 e. The lowest BCUT2D eigenvalue weighted by atomic mass is 10.1. The molecule has 0 aliphatic rings. The number of nitriles is 1. The highest BCUT2D eigenvalue weighted by molar-refractivity contribution is 6.09. The van der Waals surface area contributed by atoms with E-state index in [1.807, 2.05) is 50.2 Å². The summed E-state index contributed by atoms with van der Waals surface area (Å²) in [4.78, 5) is 23.4. The molecule has 1 heterocycles. The highest BCUT2D eigenvalue weighted by Gasteiger charge is 2.15. The number of aryl methyl sites for hydroxylation is 1. The molecule has 144 valence electrons. The molecule has 3 aromatic rings. The van der Waals surface area contributed by atoms with E-state index in [1.165, 1.54) is 30.3 Å². The molecule has 0 aliphatic heterocycles. The number of rotatable bonds is 5. The Balaban J connectivity index is 1.88. The molecule has 7 nitrogen and oxygen atoms in total. The lowest BCUT2D eigenvalue weighted by molar-refractivity contribution is -0.112. The molecule has 1 aromatic heterocycles. The van der Waals surface area contributed by atoms with E-state index in [-0.39, 0.29) is 11.1 Å². The molecule has 0 saturated carbocycles. The number of amides is 1. The van der Waals surface area contributed by atoms with Crippen molar-refractivity contribution in [3.8, 4) is 11.8 Å². The zero-order chi connectivity index (χ0) is 21.0. The Hall–Kier alpha value is -4.18. The van der Waals surface area contributed by atoms with Crippen LogP contribution >= 0.6 is 0 Å². The van der Waals surface area contributed by atoms with Crippen molar-refractivity contribution in [1.82, 2.24) is 9.78 Å². The second kappa shape index (κ2) is 8.23. The number of nitrogens with zero attached hydrogens (tertiary/aromatic N) is 3. The molecular weight excluding hydrogens is 368 g/mol. The summed E-state index contributed by atoms with van der Waals surface area (Å²) < 4.78 is 1.76. The molecule has 1 amide bonds. The van der Waals surface area contributed by atoms with Crippen LogP contribution in [0.1, 0.15) is 27.3 Å². The molecule has 0 atom stereocenters. The van der Waals surface area contributed by atoms with Gasteiger partial charge in [0.15, 0.2) is 0 Å². The van der Waals surface area contributed by atoms with Gasteiger partial charge in [-0.15, -0.1) is 0 Å². The van der Waals surface area contributed by atoms with Crippen LogP contribution in [0.25, 0.3) is 11.8 Å². The lowest BCUT2D eigenvalue weighted by Gasteiger charge is -2.05. The second-order valence-electron chi connectivity index (χ2n) is 6.34. The Labute approximate surface area is 167 Å². The topological polar surface area (TPSA) is 108 Å². The number of hydrogen-bond donors (Lipinski definition) is 2. The van der Waals surface area contributed by atoms with E-state index in [4.69, 9.17) is 5.11 Å². The number of benzene rings is 2. The summed E-state index contributed by atoms with van der Waals surface area (Å²) in [6.45, 7) is 3.69. The Morgan fingerprint density at radius 3 is 2.34 bits per heavy atom. The van der Waals surface area contributed by atoms with Crippen molar-refractivity contribution in [3.63, 3.8) is 0 Å². The van der Waals surface area contributed by atoms with E-state index in [1.54, 1.807) is 4.68 Å². The van der Waals surface area contributed by atoms with Crippen molar-refractivity contribution in [2.45, 2.75) is 13.8 Å². The van der Waals surface area contributed by atoms with Crippen LogP contribution in [0.3, 0.4) is 0 Å². The van der Waals surface area contributed by atoms with Gasteiger partial charge in [-0.3, -0.25) is 4.79 Å². The maximum atomic E-state index is 12.5. The predicted octanol–water partition coefficient (Wildman–Crippen LogP) is 3.73. The summed E-state index contributed by atoms with van der Waals surface area (Å²) in [6, 6.07) is 17.2. The molecule has 0 bridgehead atoms. The number of aromatic nitrogens is 2. The summed E-state index contributed by atoms with van der Waals surface area (Å²) in [5.74, 6) is -1.64. The van der Waals surface area contributed by atoms with Gasteiger partial charge in [0.1, 0.15) is 11.6 Å². The smallest absolute Gasteiger partial charge is 0.335 e. The van der Waals surface area contributed by atoms with Crippen LogP contribution in [0.5, 0.6) is 0 Å². The van der Waals surface area contributed by atoms with Gasteiger partial charge in [0, 0.05) is 16.9 Å². The van der Waals surface area contributed by atoms with E-state index in [0.717, 1.165) is 11.4 Å². The van der Waals surface area contributed by atoms with Crippen molar-refractivity contribution >= 4 is 23.6 Å². The first-order valence-electron chi connectivity index (χ1n) is 8.79. The largest absolute Gasteiger partial charge is 0.478 e. The highest BCUT2D eigenvalue weighted by Crippen LogP contribution is 2.21. The standard InChI is InChI=1S/C22H18N4O3/c1-14-20(15(2)26(25-14)19-6-4-3-5-7-19)12-17(13-23)21(27)24-18-10-8-16(9-11-18)22(28)29/h3-12H,1-2H3,(H,24,27)(H,28,29)/b17-12+. The molecule has 0 aliphatic carbocycles. The second-order valence-corrected chi connectivity index (χ2v) is 6.34. The van der Waals surface area contributed by atoms with Gasteiger partial charge in [0.05, 0.1) is 16.9 Å². The number of nitrogens with one attached hydrogen (secondary N) is 1. The van der Waals surface area contributed by atoms with Crippen LogP contribution in [0.15, 0.2) is 60.2 Å². The van der Waals surface area contributed by atoms with Crippen LogP contribution in [0, 0.1) is 25.2 Å². The average Bonchev–Trinajstić information content (AvgIpc) is 3.00. The number of carbonyl (C=O) groups is 2. The molecule has 3 rings (SSSR count). The molecule has 0 unspecified atom stereocenters. The maximum Gasteiger partial charge on any atom is 0.335 e. The summed E-state index contributed by atoms with van der Waals surface area (Å²) in [5, 5.41) is 25.5. The summed E-state index contributed by atoms with van der Waals surface area (Å²) in [7, 11) is 0. The Morgan fingerprint density at radius 2 is 1.76 bits per heavy atom. The van der Waals surface area contributed by atoms with E-state index >= 15 is 0 Å². The van der Waals surface area contributed by atoms with Crippen molar-refractivity contribution < 1.29 is 14.7 Å². The van der Waals surface area contributed by atoms with Crippen LogP contribution in [0.4, 0.5) is 5.69 Å². The van der Waals surface area contributed by atoms with E-state index in [0.29, 0.717) is 16.9 Å². The SMILES string of the molecule is Cc1nn(-c2ccccc2)c(C)c1/C=C(\C#N)C(=O)Nc1ccc(C(=O)O)cc1. The number of para-hydroxylation sites is 1. The number of carboxylic acids is 1. The summed E-state index contributed by atoms with van der Waals surface area (Å²) in [6.07, 6.45) is 1.51. The van der Waals surface area contributed by atoms with Gasteiger partial charge in [0.2, 0.25) is 0 Å². The molecule has 0 spiro atoms. The molecule has 2 N–H and O–H groups in total. The lowest BCUT2D eigenvalue weighted by Crippen LogP contribution is -2.13. The molecule has 7 heteroatoms. The predicted molar refractivity (Wildman–Crippen MR) is 109 cm³/mol. The van der Waals surface area contributed by atoms with Crippen LogP contribution < -0.4 is 5.32 Å². The first-order chi connectivity index (χ1) is 13.9. The Bertz CT molecular complexity index is 1140. The molecule has 0 radical (unpaired) electrons. The number of carboxylic acid groups (broad SMARTS) is 1. The molecule has 29 heavy (non-hydrogen) atoms. The quantitative estimate of drug-likeness (QED) is 0.513. The molecule has 0 fully saturated rings. The summed E-state index contributed by atoms with van der Waals surface area (Å²) in [5.41, 5.74) is 3.51. The van der Waals surface area contributed by atoms with Crippen LogP contribution in [-0.2, 0) is 4.79 Å². The Morgan fingerprint density at radius 1 is 1.10 bits per heavy atom. The zero-order valence-corrected chi connectivity index (χ0v) is 15.9. The average molecular weight is 386 g/mol. The van der Waals surface area contributed by atoms with E-state index in [9.17, 15) is 14.9 Å². The third kappa shape index (κ3) is 4.22. The minimum absolute atomic E-state index is 0.0777. The third-order valence-corrected chi connectivity index (χ3v) is 4.39. The number of carbonyl (C=O) groups excluding carboxylic acids is 1. The maximum absolute atomic E-state index is 12.5. The van der Waals surface area contributed by atoms with Gasteiger partial charge in [0.25, 0.3) is 5.91 Å². The fourth-order valence-electron chi connectivity index (χ4n) is 2.87. The summed E-state index contributed by atoms with van der Waals surface area (Å²) >= 11 is 0. The van der Waals surface area contributed by atoms with E-state index in [2.05, 4.69) is 10.4 Å².